The quantitative estimate of drug-likeness (QED) is 0.732. The van der Waals surface area contributed by atoms with E-state index in [-0.39, 0.29) is 0 Å². The Labute approximate surface area is 114 Å². The van der Waals surface area contributed by atoms with Gasteiger partial charge in [-0.2, -0.15) is 0 Å². The summed E-state index contributed by atoms with van der Waals surface area (Å²) >= 11 is 0. The third-order valence-corrected chi connectivity index (χ3v) is 4.05. The predicted molar refractivity (Wildman–Crippen MR) is 79.0 cm³/mol. The van der Waals surface area contributed by atoms with Gasteiger partial charge in [-0.05, 0) is 43.2 Å². The SMILES string of the molecule is CC1(C)CCC(Nc2c(N)cccc2C(N)=O)CC1. The second-order valence-corrected chi connectivity index (χ2v) is 6.22. The standard InChI is InChI=1S/C15H23N3O/c1-15(2)8-6-10(7-9-15)18-13-11(14(17)19)4-3-5-12(13)16/h3-5,10,18H,6-9,16H2,1-2H3,(H2,17,19). The van der Waals surface area contributed by atoms with Crippen LogP contribution in [0, 0.1) is 5.41 Å². The lowest BCUT2D eigenvalue weighted by atomic mass is 9.75. The fourth-order valence-corrected chi connectivity index (χ4v) is 2.68. The minimum atomic E-state index is -0.439. The van der Waals surface area contributed by atoms with Gasteiger partial charge in [-0.3, -0.25) is 4.79 Å². The first-order valence-electron chi connectivity index (χ1n) is 6.84. The molecule has 1 aromatic rings. The number of nitrogens with one attached hydrogen (secondary N) is 1. The molecule has 4 heteroatoms. The summed E-state index contributed by atoms with van der Waals surface area (Å²) < 4.78 is 0. The number of primary amides is 1. The first kappa shape index (κ1) is 13.7. The normalized spacial score (nSPS) is 19.1. The number of hydrogen-bond acceptors (Lipinski definition) is 3. The van der Waals surface area contributed by atoms with Crippen LogP contribution in [0.4, 0.5) is 11.4 Å². The molecule has 1 fully saturated rings. The summed E-state index contributed by atoms with van der Waals surface area (Å²) in [4.78, 5) is 11.4. The highest BCUT2D eigenvalue weighted by Crippen LogP contribution is 2.37. The van der Waals surface area contributed by atoms with Crippen molar-refractivity contribution >= 4 is 17.3 Å². The van der Waals surface area contributed by atoms with E-state index < -0.39 is 5.91 Å². The molecule has 0 unspecified atom stereocenters. The minimum absolute atomic E-state index is 0.371. The average molecular weight is 261 g/mol. The van der Waals surface area contributed by atoms with Crippen molar-refractivity contribution < 1.29 is 4.79 Å². The van der Waals surface area contributed by atoms with Crippen molar-refractivity contribution in [2.24, 2.45) is 11.1 Å². The molecule has 1 amide bonds. The summed E-state index contributed by atoms with van der Waals surface area (Å²) in [5.74, 6) is -0.439. The number of para-hydroxylation sites is 1. The Morgan fingerprint density at radius 3 is 2.53 bits per heavy atom. The Balaban J connectivity index is 2.14. The number of nitrogens with two attached hydrogens (primary N) is 2. The Kier molecular flexibility index (Phi) is 3.69. The van der Waals surface area contributed by atoms with Crippen molar-refractivity contribution in [2.75, 3.05) is 11.1 Å². The summed E-state index contributed by atoms with van der Waals surface area (Å²) in [7, 11) is 0. The van der Waals surface area contributed by atoms with E-state index in [1.165, 1.54) is 12.8 Å². The molecule has 0 spiro atoms. The van der Waals surface area contributed by atoms with E-state index >= 15 is 0 Å². The zero-order chi connectivity index (χ0) is 14.0. The van der Waals surface area contributed by atoms with Gasteiger partial charge in [-0.1, -0.05) is 19.9 Å². The van der Waals surface area contributed by atoms with Crippen LogP contribution in [0.1, 0.15) is 49.9 Å². The zero-order valence-electron chi connectivity index (χ0n) is 11.7. The molecule has 1 aliphatic carbocycles. The molecule has 0 atom stereocenters. The highest BCUT2D eigenvalue weighted by molar-refractivity contribution is 6.01. The molecule has 0 saturated heterocycles. The number of anilines is 2. The molecule has 104 valence electrons. The molecule has 1 saturated carbocycles. The predicted octanol–water partition coefficient (Wildman–Crippen LogP) is 2.75. The molecule has 4 nitrogen and oxygen atoms in total. The Morgan fingerprint density at radius 2 is 1.95 bits per heavy atom. The van der Waals surface area contributed by atoms with E-state index in [4.69, 9.17) is 11.5 Å². The van der Waals surface area contributed by atoms with Gasteiger partial charge in [0.15, 0.2) is 0 Å². The maximum atomic E-state index is 11.4. The van der Waals surface area contributed by atoms with Crippen LogP contribution in [0.3, 0.4) is 0 Å². The van der Waals surface area contributed by atoms with Crippen LogP contribution in [0.2, 0.25) is 0 Å². The molecular formula is C15H23N3O. The fraction of sp³-hybridized carbons (Fsp3) is 0.533. The van der Waals surface area contributed by atoms with Gasteiger partial charge in [-0.25, -0.2) is 0 Å². The van der Waals surface area contributed by atoms with Crippen LogP contribution < -0.4 is 16.8 Å². The second kappa shape index (κ2) is 5.11. The lowest BCUT2D eigenvalue weighted by Gasteiger charge is -2.35. The van der Waals surface area contributed by atoms with Gasteiger partial charge >= 0.3 is 0 Å². The van der Waals surface area contributed by atoms with Crippen LogP contribution in [0.25, 0.3) is 0 Å². The Bertz CT molecular complexity index is 472. The molecule has 1 aromatic carbocycles. The van der Waals surface area contributed by atoms with Gasteiger partial charge in [0.1, 0.15) is 0 Å². The summed E-state index contributed by atoms with van der Waals surface area (Å²) in [5.41, 5.74) is 13.5. The van der Waals surface area contributed by atoms with Crippen LogP contribution in [-0.4, -0.2) is 11.9 Å². The highest BCUT2D eigenvalue weighted by Gasteiger charge is 2.27. The van der Waals surface area contributed by atoms with E-state index in [0.717, 1.165) is 12.8 Å². The molecule has 0 bridgehead atoms. The number of hydrogen-bond donors (Lipinski definition) is 3. The minimum Gasteiger partial charge on any atom is -0.397 e. The van der Waals surface area contributed by atoms with Crippen LogP contribution >= 0.6 is 0 Å². The average Bonchev–Trinajstić information content (AvgIpc) is 2.33. The Hall–Kier alpha value is -1.71. The molecule has 0 radical (unpaired) electrons. The topological polar surface area (TPSA) is 81.1 Å². The smallest absolute Gasteiger partial charge is 0.250 e. The Morgan fingerprint density at radius 1 is 1.32 bits per heavy atom. The number of benzene rings is 1. The largest absolute Gasteiger partial charge is 0.397 e. The van der Waals surface area contributed by atoms with Gasteiger partial charge in [0.25, 0.3) is 5.91 Å². The third-order valence-electron chi connectivity index (χ3n) is 4.05. The monoisotopic (exact) mass is 261 g/mol. The molecule has 5 N–H and O–H groups in total. The zero-order valence-corrected chi connectivity index (χ0v) is 11.7. The van der Waals surface area contributed by atoms with E-state index in [9.17, 15) is 4.79 Å². The first-order chi connectivity index (χ1) is 8.89. The highest BCUT2D eigenvalue weighted by atomic mass is 16.1. The number of carbonyl (C=O) groups is 1. The van der Waals surface area contributed by atoms with E-state index in [1.807, 2.05) is 0 Å². The van der Waals surface area contributed by atoms with E-state index in [0.29, 0.717) is 28.4 Å². The molecule has 1 aliphatic rings. The van der Waals surface area contributed by atoms with E-state index in [2.05, 4.69) is 19.2 Å². The molecule has 0 aromatic heterocycles. The van der Waals surface area contributed by atoms with Crippen molar-refractivity contribution in [3.05, 3.63) is 23.8 Å². The van der Waals surface area contributed by atoms with Crippen molar-refractivity contribution in [3.63, 3.8) is 0 Å². The first-order valence-corrected chi connectivity index (χ1v) is 6.84. The van der Waals surface area contributed by atoms with Crippen molar-refractivity contribution in [3.8, 4) is 0 Å². The lowest BCUT2D eigenvalue weighted by molar-refractivity contribution is 0.100. The van der Waals surface area contributed by atoms with Crippen molar-refractivity contribution in [1.29, 1.82) is 0 Å². The second-order valence-electron chi connectivity index (χ2n) is 6.22. The molecule has 0 heterocycles. The number of nitrogen functional groups attached to an aromatic ring is 1. The van der Waals surface area contributed by atoms with Crippen LogP contribution in [0.5, 0.6) is 0 Å². The lowest BCUT2D eigenvalue weighted by Crippen LogP contribution is -2.31. The maximum Gasteiger partial charge on any atom is 0.250 e. The van der Waals surface area contributed by atoms with Crippen molar-refractivity contribution in [1.82, 2.24) is 0 Å². The van der Waals surface area contributed by atoms with E-state index in [1.54, 1.807) is 18.2 Å². The van der Waals surface area contributed by atoms with Gasteiger partial charge in [0, 0.05) is 6.04 Å². The number of amides is 1. The molecular weight excluding hydrogens is 238 g/mol. The molecule has 2 rings (SSSR count). The fourth-order valence-electron chi connectivity index (χ4n) is 2.68. The van der Waals surface area contributed by atoms with Crippen LogP contribution in [-0.2, 0) is 0 Å². The summed E-state index contributed by atoms with van der Waals surface area (Å²) in [6.07, 6.45) is 4.56. The van der Waals surface area contributed by atoms with Gasteiger partial charge < -0.3 is 16.8 Å². The number of carbonyl (C=O) groups excluding carboxylic acids is 1. The molecule has 19 heavy (non-hydrogen) atoms. The summed E-state index contributed by atoms with van der Waals surface area (Å²) in [6.45, 7) is 4.60. The number of rotatable bonds is 3. The van der Waals surface area contributed by atoms with Crippen molar-refractivity contribution in [2.45, 2.75) is 45.6 Å². The van der Waals surface area contributed by atoms with Crippen LogP contribution in [0.15, 0.2) is 18.2 Å². The maximum absolute atomic E-state index is 11.4. The van der Waals surface area contributed by atoms with Gasteiger partial charge in [-0.15, -0.1) is 0 Å². The summed E-state index contributed by atoms with van der Waals surface area (Å²) in [5, 5.41) is 3.41. The van der Waals surface area contributed by atoms with Gasteiger partial charge in [0.2, 0.25) is 0 Å². The third kappa shape index (κ3) is 3.19. The van der Waals surface area contributed by atoms with Gasteiger partial charge in [0.05, 0.1) is 16.9 Å². The molecule has 0 aliphatic heterocycles. The summed E-state index contributed by atoms with van der Waals surface area (Å²) in [6, 6.07) is 5.63.